The molecule has 4 aromatic carbocycles. The van der Waals surface area contributed by atoms with Gasteiger partial charge in [0.2, 0.25) is 0 Å². The van der Waals surface area contributed by atoms with Gasteiger partial charge in [-0.3, -0.25) is 4.79 Å². The number of carboxylic acids is 1. The number of halogens is 1. The lowest BCUT2D eigenvalue weighted by Crippen LogP contribution is -2.18. The Morgan fingerprint density at radius 2 is 1.69 bits per heavy atom. The molecule has 0 saturated carbocycles. The fourth-order valence-electron chi connectivity index (χ4n) is 4.31. The molecular formula is C33H26BrN3O5. The number of aromatic nitrogens is 1. The number of amides is 1. The molecular weight excluding hydrogens is 598 g/mol. The van der Waals surface area contributed by atoms with Gasteiger partial charge in [-0.2, -0.15) is 5.10 Å². The van der Waals surface area contributed by atoms with E-state index in [9.17, 15) is 9.59 Å². The Bertz CT molecular complexity index is 1770. The number of carboxylic acid groups (broad SMARTS) is 1. The minimum Gasteiger partial charge on any atom is -0.490 e. The molecule has 0 saturated heterocycles. The Hall–Kier alpha value is -5.02. The molecule has 0 aliphatic rings. The Morgan fingerprint density at radius 3 is 2.43 bits per heavy atom. The number of hydrogen-bond acceptors (Lipinski definition) is 6. The average Bonchev–Trinajstić information content (AvgIpc) is 3.01. The number of hydrogen-bond donors (Lipinski definition) is 2. The highest BCUT2D eigenvalue weighted by Gasteiger charge is 2.15. The van der Waals surface area contributed by atoms with Gasteiger partial charge in [0.25, 0.3) is 5.91 Å². The molecule has 0 fully saturated rings. The van der Waals surface area contributed by atoms with Gasteiger partial charge in [-0.25, -0.2) is 15.2 Å². The maximum atomic E-state index is 13.3. The number of fused-ring (bicyclic) bond motifs is 1. The van der Waals surface area contributed by atoms with Crippen LogP contribution in [0.5, 0.6) is 11.5 Å². The number of rotatable bonds is 10. The zero-order valence-electron chi connectivity index (χ0n) is 22.6. The summed E-state index contributed by atoms with van der Waals surface area (Å²) in [4.78, 5) is 29.1. The van der Waals surface area contributed by atoms with Crippen LogP contribution in [0.25, 0.3) is 22.2 Å². The normalized spacial score (nSPS) is 11.0. The average molecular weight is 624 g/mol. The van der Waals surface area contributed by atoms with Gasteiger partial charge in [0.05, 0.1) is 39.6 Å². The van der Waals surface area contributed by atoms with Gasteiger partial charge in [-0.15, -0.1) is 0 Å². The number of para-hydroxylation sites is 1. The summed E-state index contributed by atoms with van der Waals surface area (Å²) in [6.07, 6.45) is 1.53. The lowest BCUT2D eigenvalue weighted by atomic mass is 10.0. The van der Waals surface area contributed by atoms with Crippen LogP contribution >= 0.6 is 15.9 Å². The molecule has 0 unspecified atom stereocenters. The third kappa shape index (κ3) is 6.64. The van der Waals surface area contributed by atoms with Crippen molar-refractivity contribution in [2.24, 2.45) is 5.10 Å². The molecule has 42 heavy (non-hydrogen) atoms. The highest BCUT2D eigenvalue weighted by atomic mass is 79.9. The van der Waals surface area contributed by atoms with Gasteiger partial charge in [0.1, 0.15) is 6.61 Å². The van der Waals surface area contributed by atoms with Crippen molar-refractivity contribution in [2.75, 3.05) is 6.61 Å². The summed E-state index contributed by atoms with van der Waals surface area (Å²) < 4.78 is 12.5. The van der Waals surface area contributed by atoms with E-state index >= 15 is 0 Å². The van der Waals surface area contributed by atoms with Crippen LogP contribution in [0.4, 0.5) is 0 Å². The van der Waals surface area contributed by atoms with E-state index < -0.39 is 5.97 Å². The number of carbonyl (C=O) groups excluding carboxylic acids is 1. The highest BCUT2D eigenvalue weighted by Crippen LogP contribution is 2.37. The standard InChI is InChI=1S/C33H26BrN3O5/c1-2-41-30-17-22(16-27(34)31(30)42-20-21-12-14-24(15-13-21)33(39)40)19-35-37-32(38)26-18-29(23-8-4-3-5-9-23)36-28-11-7-6-10-25(26)28/h3-19H,2,20H2,1H3,(H,37,38)(H,39,40)/b35-19+. The van der Waals surface area contributed by atoms with Crippen LogP contribution in [0, 0.1) is 0 Å². The van der Waals surface area contributed by atoms with E-state index in [1.54, 1.807) is 30.3 Å². The van der Waals surface area contributed by atoms with E-state index in [1.807, 2.05) is 61.5 Å². The summed E-state index contributed by atoms with van der Waals surface area (Å²) in [5.41, 5.74) is 7.11. The molecule has 1 heterocycles. The first-order chi connectivity index (χ1) is 20.4. The smallest absolute Gasteiger partial charge is 0.335 e. The molecule has 0 radical (unpaired) electrons. The van der Waals surface area contributed by atoms with E-state index in [2.05, 4.69) is 26.5 Å². The number of pyridine rings is 1. The maximum Gasteiger partial charge on any atom is 0.335 e. The van der Waals surface area contributed by atoms with E-state index in [-0.39, 0.29) is 18.1 Å². The summed E-state index contributed by atoms with van der Waals surface area (Å²) in [6, 6.07) is 29.0. The maximum absolute atomic E-state index is 13.3. The predicted octanol–water partition coefficient (Wildman–Crippen LogP) is 7.10. The van der Waals surface area contributed by atoms with Crippen LogP contribution in [0.3, 0.4) is 0 Å². The van der Waals surface area contributed by atoms with Gasteiger partial charge in [-0.1, -0.05) is 60.7 Å². The summed E-state index contributed by atoms with van der Waals surface area (Å²) in [6.45, 7) is 2.49. The minimum absolute atomic E-state index is 0.208. The largest absolute Gasteiger partial charge is 0.490 e. The van der Waals surface area contributed by atoms with Crippen LogP contribution in [-0.2, 0) is 6.61 Å². The Morgan fingerprint density at radius 1 is 0.952 bits per heavy atom. The first kappa shape index (κ1) is 28.5. The van der Waals surface area contributed by atoms with Gasteiger partial charge in [-0.05, 0) is 70.4 Å². The van der Waals surface area contributed by atoms with E-state index in [1.165, 1.54) is 18.3 Å². The highest BCUT2D eigenvalue weighted by molar-refractivity contribution is 9.10. The Labute approximate surface area is 250 Å². The van der Waals surface area contributed by atoms with Crippen LogP contribution < -0.4 is 14.9 Å². The first-order valence-electron chi connectivity index (χ1n) is 13.1. The summed E-state index contributed by atoms with van der Waals surface area (Å²) in [7, 11) is 0. The molecule has 9 heteroatoms. The van der Waals surface area contributed by atoms with Crippen LogP contribution in [-0.4, -0.2) is 34.8 Å². The molecule has 1 amide bonds. The van der Waals surface area contributed by atoms with Crippen molar-refractivity contribution in [3.05, 3.63) is 124 Å². The second kappa shape index (κ2) is 13.1. The third-order valence-corrected chi connectivity index (χ3v) is 6.91. The molecule has 210 valence electrons. The van der Waals surface area contributed by atoms with Crippen molar-refractivity contribution in [3.8, 4) is 22.8 Å². The van der Waals surface area contributed by atoms with Crippen LogP contribution in [0.1, 0.15) is 38.8 Å². The Balaban J connectivity index is 1.34. The number of nitrogens with one attached hydrogen (secondary N) is 1. The van der Waals surface area contributed by atoms with Crippen LogP contribution in [0.15, 0.2) is 107 Å². The SMILES string of the molecule is CCOc1cc(/C=N/NC(=O)c2cc(-c3ccccc3)nc3ccccc23)cc(Br)c1OCc1ccc(C(=O)O)cc1. The number of nitrogens with zero attached hydrogens (tertiary/aromatic N) is 2. The van der Waals surface area contributed by atoms with Crippen molar-refractivity contribution >= 4 is 44.9 Å². The van der Waals surface area contributed by atoms with Crippen molar-refractivity contribution in [1.29, 1.82) is 0 Å². The number of benzene rings is 4. The molecule has 5 aromatic rings. The molecule has 0 bridgehead atoms. The minimum atomic E-state index is -0.983. The van der Waals surface area contributed by atoms with Crippen molar-refractivity contribution in [1.82, 2.24) is 10.4 Å². The summed E-state index contributed by atoms with van der Waals surface area (Å²) in [5, 5.41) is 14.0. The molecule has 5 rings (SSSR count). The summed E-state index contributed by atoms with van der Waals surface area (Å²) >= 11 is 3.55. The molecule has 8 nitrogen and oxygen atoms in total. The number of aromatic carboxylic acids is 1. The molecule has 0 atom stereocenters. The van der Waals surface area contributed by atoms with E-state index in [0.717, 1.165) is 16.5 Å². The third-order valence-electron chi connectivity index (χ3n) is 6.33. The monoisotopic (exact) mass is 623 g/mol. The van der Waals surface area contributed by atoms with E-state index in [0.29, 0.717) is 44.9 Å². The lowest BCUT2D eigenvalue weighted by Gasteiger charge is -2.15. The summed E-state index contributed by atoms with van der Waals surface area (Å²) in [5.74, 6) is -0.352. The number of ether oxygens (including phenoxy) is 2. The molecule has 0 spiro atoms. The molecule has 1 aromatic heterocycles. The fraction of sp³-hybridized carbons (Fsp3) is 0.0909. The second-order valence-electron chi connectivity index (χ2n) is 9.19. The molecule has 0 aliphatic heterocycles. The molecule has 0 aliphatic carbocycles. The van der Waals surface area contributed by atoms with Crippen LogP contribution in [0.2, 0.25) is 0 Å². The van der Waals surface area contributed by atoms with Gasteiger partial charge >= 0.3 is 5.97 Å². The topological polar surface area (TPSA) is 110 Å². The van der Waals surface area contributed by atoms with Gasteiger partial charge < -0.3 is 14.6 Å². The van der Waals surface area contributed by atoms with Crippen molar-refractivity contribution in [3.63, 3.8) is 0 Å². The zero-order chi connectivity index (χ0) is 29.5. The van der Waals surface area contributed by atoms with Crippen molar-refractivity contribution in [2.45, 2.75) is 13.5 Å². The van der Waals surface area contributed by atoms with Gasteiger partial charge in [0.15, 0.2) is 11.5 Å². The second-order valence-corrected chi connectivity index (χ2v) is 10.0. The zero-order valence-corrected chi connectivity index (χ0v) is 24.2. The quantitative estimate of drug-likeness (QED) is 0.127. The number of hydrazone groups is 1. The van der Waals surface area contributed by atoms with Gasteiger partial charge in [0, 0.05) is 10.9 Å². The molecule has 2 N–H and O–H groups in total. The van der Waals surface area contributed by atoms with Crippen molar-refractivity contribution < 1.29 is 24.2 Å². The van der Waals surface area contributed by atoms with E-state index in [4.69, 9.17) is 19.6 Å². The Kier molecular flexibility index (Phi) is 8.89. The first-order valence-corrected chi connectivity index (χ1v) is 13.9. The fourth-order valence-corrected chi connectivity index (χ4v) is 4.88. The lowest BCUT2D eigenvalue weighted by molar-refractivity contribution is 0.0696. The predicted molar refractivity (Wildman–Crippen MR) is 165 cm³/mol. The number of carbonyl (C=O) groups is 2.